The monoisotopic (exact) mass is 226 g/mol. The molecule has 0 spiro atoms. The van der Waals surface area contributed by atoms with Crippen molar-refractivity contribution < 1.29 is 9.47 Å². The average Bonchev–Trinajstić information content (AvgIpc) is 2.48. The molecule has 0 aliphatic heterocycles. The lowest BCUT2D eigenvalue weighted by Crippen LogP contribution is -2.14. The minimum atomic E-state index is -0.0210. The van der Waals surface area contributed by atoms with E-state index in [0.717, 1.165) is 6.42 Å². The first kappa shape index (κ1) is 12.5. The number of amidine groups is 1. The van der Waals surface area contributed by atoms with Gasteiger partial charge in [-0.2, -0.15) is 5.10 Å². The number of nitrogens with one attached hydrogen (secondary N) is 1. The largest absolute Gasteiger partial charge is 0.477 e. The van der Waals surface area contributed by atoms with Gasteiger partial charge in [0.15, 0.2) is 0 Å². The third kappa shape index (κ3) is 2.73. The van der Waals surface area contributed by atoms with Crippen LogP contribution < -0.4 is 10.5 Å². The molecule has 0 amide bonds. The van der Waals surface area contributed by atoms with Crippen LogP contribution in [0.15, 0.2) is 0 Å². The first-order valence-corrected chi connectivity index (χ1v) is 5.07. The number of nitrogen functional groups attached to an aromatic ring is 1. The molecule has 0 bridgehead atoms. The Morgan fingerprint density at radius 2 is 2.19 bits per heavy atom. The van der Waals surface area contributed by atoms with Gasteiger partial charge >= 0.3 is 0 Å². The summed E-state index contributed by atoms with van der Waals surface area (Å²) in [5, 5.41) is 11.6. The Hall–Kier alpha value is -1.56. The number of hydrogen-bond donors (Lipinski definition) is 2. The van der Waals surface area contributed by atoms with Gasteiger partial charge in [-0.15, -0.1) is 0 Å². The van der Waals surface area contributed by atoms with Gasteiger partial charge in [-0.25, -0.2) is 4.68 Å². The maximum Gasteiger partial charge on any atom is 0.223 e. The van der Waals surface area contributed by atoms with Crippen molar-refractivity contribution in [1.82, 2.24) is 9.78 Å². The van der Waals surface area contributed by atoms with E-state index in [1.807, 2.05) is 0 Å². The highest BCUT2D eigenvalue weighted by Gasteiger charge is 2.16. The summed E-state index contributed by atoms with van der Waals surface area (Å²) in [5.41, 5.74) is 6.76. The number of nitrogens with two attached hydrogens (primary N) is 1. The number of rotatable bonds is 6. The van der Waals surface area contributed by atoms with Crippen LogP contribution in [-0.2, 0) is 11.8 Å². The number of nitrogens with zero attached hydrogens (tertiary/aromatic N) is 2. The van der Waals surface area contributed by atoms with Crippen LogP contribution in [0.4, 0.5) is 0 Å². The fourth-order valence-electron chi connectivity index (χ4n) is 1.48. The normalized spacial score (nSPS) is 10.4. The first-order valence-electron chi connectivity index (χ1n) is 5.07. The van der Waals surface area contributed by atoms with Crippen molar-refractivity contribution in [2.24, 2.45) is 12.8 Å². The second-order valence-corrected chi connectivity index (χ2v) is 3.50. The van der Waals surface area contributed by atoms with Crippen molar-refractivity contribution in [3.8, 4) is 5.88 Å². The third-order valence-electron chi connectivity index (χ3n) is 2.17. The van der Waals surface area contributed by atoms with E-state index in [-0.39, 0.29) is 5.84 Å². The van der Waals surface area contributed by atoms with E-state index in [1.54, 1.807) is 25.8 Å². The van der Waals surface area contributed by atoms with E-state index in [2.05, 4.69) is 5.10 Å². The lowest BCUT2D eigenvalue weighted by molar-refractivity contribution is 0.168. The van der Waals surface area contributed by atoms with Crippen molar-refractivity contribution in [2.75, 3.05) is 20.3 Å². The van der Waals surface area contributed by atoms with Crippen LogP contribution in [-0.4, -0.2) is 35.9 Å². The number of methoxy groups -OCH3 is 1. The van der Waals surface area contributed by atoms with Crippen LogP contribution in [0.25, 0.3) is 0 Å². The highest BCUT2D eigenvalue weighted by molar-refractivity contribution is 5.98. The molecule has 1 aromatic rings. The van der Waals surface area contributed by atoms with Gasteiger partial charge in [-0.1, -0.05) is 0 Å². The van der Waals surface area contributed by atoms with E-state index in [9.17, 15) is 0 Å². The molecule has 0 atom stereocenters. The molecule has 1 aromatic heterocycles. The highest BCUT2D eigenvalue weighted by Crippen LogP contribution is 2.20. The Morgan fingerprint density at radius 3 is 2.75 bits per heavy atom. The average molecular weight is 226 g/mol. The molecule has 0 aromatic carbocycles. The number of ether oxygens (including phenoxy) is 2. The summed E-state index contributed by atoms with van der Waals surface area (Å²) in [4.78, 5) is 0. The zero-order valence-corrected chi connectivity index (χ0v) is 9.91. The minimum Gasteiger partial charge on any atom is -0.477 e. The van der Waals surface area contributed by atoms with Crippen molar-refractivity contribution in [3.63, 3.8) is 0 Å². The summed E-state index contributed by atoms with van der Waals surface area (Å²) in [5.74, 6) is 0.522. The molecule has 90 valence electrons. The maximum absolute atomic E-state index is 7.47. The molecule has 6 heteroatoms. The summed E-state index contributed by atoms with van der Waals surface area (Å²) >= 11 is 0. The fraction of sp³-hybridized carbons (Fsp3) is 0.600. The van der Waals surface area contributed by atoms with E-state index in [1.165, 1.54) is 0 Å². The molecule has 0 radical (unpaired) electrons. The Balaban J connectivity index is 2.74. The van der Waals surface area contributed by atoms with E-state index >= 15 is 0 Å². The molecule has 0 unspecified atom stereocenters. The maximum atomic E-state index is 7.47. The lowest BCUT2D eigenvalue weighted by atomic mass is 10.2. The molecule has 3 N–H and O–H groups in total. The predicted molar refractivity (Wildman–Crippen MR) is 60.9 cm³/mol. The highest BCUT2D eigenvalue weighted by atomic mass is 16.5. The van der Waals surface area contributed by atoms with Gasteiger partial charge in [0.25, 0.3) is 0 Å². The van der Waals surface area contributed by atoms with E-state index in [4.69, 9.17) is 20.6 Å². The molecular formula is C10H18N4O2. The van der Waals surface area contributed by atoms with Crippen LogP contribution in [0.1, 0.15) is 17.7 Å². The van der Waals surface area contributed by atoms with Crippen LogP contribution in [0.3, 0.4) is 0 Å². The molecule has 1 rings (SSSR count). The molecule has 16 heavy (non-hydrogen) atoms. The number of hydrogen-bond acceptors (Lipinski definition) is 4. The number of aryl methyl sites for hydroxylation is 2. The van der Waals surface area contributed by atoms with Gasteiger partial charge < -0.3 is 15.2 Å². The first-order chi connectivity index (χ1) is 7.57. The second kappa shape index (κ2) is 5.50. The fourth-order valence-corrected chi connectivity index (χ4v) is 1.48. The Labute approximate surface area is 94.8 Å². The van der Waals surface area contributed by atoms with Crippen LogP contribution >= 0.6 is 0 Å². The molecule has 6 nitrogen and oxygen atoms in total. The minimum absolute atomic E-state index is 0.0210. The van der Waals surface area contributed by atoms with Crippen LogP contribution in [0.2, 0.25) is 0 Å². The Kier molecular flexibility index (Phi) is 4.30. The van der Waals surface area contributed by atoms with Crippen molar-refractivity contribution in [2.45, 2.75) is 13.3 Å². The zero-order chi connectivity index (χ0) is 12.1. The quantitative estimate of drug-likeness (QED) is 0.418. The van der Waals surface area contributed by atoms with Crippen LogP contribution in [0.5, 0.6) is 5.88 Å². The molecule has 0 saturated carbocycles. The van der Waals surface area contributed by atoms with E-state index < -0.39 is 0 Å². The SMILES string of the molecule is COCCCOc1c(C(=N)N)c(C)nn1C. The van der Waals surface area contributed by atoms with Gasteiger partial charge in [-0.3, -0.25) is 5.41 Å². The Morgan fingerprint density at radius 1 is 1.50 bits per heavy atom. The zero-order valence-electron chi connectivity index (χ0n) is 9.91. The number of aromatic nitrogens is 2. The summed E-state index contributed by atoms with van der Waals surface area (Å²) in [6.45, 7) is 2.97. The van der Waals surface area contributed by atoms with Crippen molar-refractivity contribution in [3.05, 3.63) is 11.3 Å². The second-order valence-electron chi connectivity index (χ2n) is 3.50. The predicted octanol–water partition coefficient (Wildman–Crippen LogP) is 0.428. The third-order valence-corrected chi connectivity index (χ3v) is 2.17. The van der Waals surface area contributed by atoms with Crippen molar-refractivity contribution in [1.29, 1.82) is 5.41 Å². The van der Waals surface area contributed by atoms with Crippen molar-refractivity contribution >= 4 is 5.84 Å². The van der Waals surface area contributed by atoms with Gasteiger partial charge in [0.2, 0.25) is 5.88 Å². The molecule has 0 fully saturated rings. The smallest absolute Gasteiger partial charge is 0.223 e. The summed E-state index contributed by atoms with van der Waals surface area (Å²) in [6, 6.07) is 0. The Bertz CT molecular complexity index is 373. The summed E-state index contributed by atoms with van der Waals surface area (Å²) < 4.78 is 12.1. The lowest BCUT2D eigenvalue weighted by Gasteiger charge is -2.07. The van der Waals surface area contributed by atoms with E-state index in [0.29, 0.717) is 30.4 Å². The molecular weight excluding hydrogens is 208 g/mol. The topological polar surface area (TPSA) is 86.2 Å². The van der Waals surface area contributed by atoms with Crippen LogP contribution in [0, 0.1) is 12.3 Å². The molecule has 1 heterocycles. The van der Waals surface area contributed by atoms with Gasteiger partial charge in [0.1, 0.15) is 11.4 Å². The summed E-state index contributed by atoms with van der Waals surface area (Å²) in [6.07, 6.45) is 0.790. The van der Waals surface area contributed by atoms with Gasteiger partial charge in [0.05, 0.1) is 12.3 Å². The van der Waals surface area contributed by atoms with Gasteiger partial charge in [0, 0.05) is 27.2 Å². The molecule has 0 aliphatic carbocycles. The molecule has 0 aliphatic rings. The summed E-state index contributed by atoms with van der Waals surface area (Å²) in [7, 11) is 3.42. The molecule has 0 saturated heterocycles. The standard InChI is InChI=1S/C10H18N4O2/c1-7-8(9(11)12)10(14(2)13-7)16-6-4-5-15-3/h4-6H2,1-3H3,(H3,11,12). The van der Waals surface area contributed by atoms with Gasteiger partial charge in [-0.05, 0) is 6.92 Å².